The minimum Gasteiger partial charge on any atom is -0.467 e. The van der Waals surface area contributed by atoms with Crippen molar-refractivity contribution >= 4 is 40.5 Å². The van der Waals surface area contributed by atoms with E-state index in [1.807, 2.05) is 20.8 Å². The number of nitrogens with zero attached hydrogens (tertiary/aromatic N) is 2. The van der Waals surface area contributed by atoms with Crippen LogP contribution in [0.2, 0.25) is 0 Å². The molecule has 6 N–H and O–H groups in total. The molecule has 2 heterocycles. The molecule has 2 aromatic rings. The van der Waals surface area contributed by atoms with Crippen molar-refractivity contribution in [1.29, 1.82) is 0 Å². The maximum Gasteiger partial charge on any atom is 0.330 e. The molecule has 1 aliphatic heterocycles. The Morgan fingerprint density at radius 1 is 1.20 bits per heavy atom. The van der Waals surface area contributed by atoms with Crippen molar-refractivity contribution in [3.63, 3.8) is 0 Å². The van der Waals surface area contributed by atoms with Gasteiger partial charge in [-0.25, -0.2) is 14.4 Å². The second-order valence-electron chi connectivity index (χ2n) is 9.37. The van der Waals surface area contributed by atoms with Crippen molar-refractivity contribution in [3.8, 4) is 0 Å². The van der Waals surface area contributed by atoms with Crippen LogP contribution in [0.25, 0.3) is 10.9 Å². The van der Waals surface area contributed by atoms with Crippen LogP contribution in [0.15, 0.2) is 30.5 Å². The van der Waals surface area contributed by atoms with Crippen molar-refractivity contribution in [1.82, 2.24) is 14.8 Å². The number of primary amides is 1. The number of amides is 4. The number of rotatable bonds is 6. The third-order valence-corrected chi connectivity index (χ3v) is 5.57. The first-order valence-corrected chi connectivity index (χ1v) is 11.2. The zero-order valence-corrected chi connectivity index (χ0v) is 20.2. The average molecular weight is 489 g/mol. The van der Waals surface area contributed by atoms with Crippen LogP contribution in [0, 0.1) is 0 Å². The highest BCUT2D eigenvalue weighted by atomic mass is 16.5. The van der Waals surface area contributed by atoms with Crippen LogP contribution in [-0.4, -0.2) is 77.4 Å². The van der Waals surface area contributed by atoms with E-state index in [-0.39, 0.29) is 19.6 Å². The summed E-state index contributed by atoms with van der Waals surface area (Å²) in [6.45, 7) is 5.49. The van der Waals surface area contributed by atoms with E-state index in [0.29, 0.717) is 16.6 Å². The highest BCUT2D eigenvalue weighted by Crippen LogP contribution is 2.27. The zero-order valence-electron chi connectivity index (χ0n) is 20.2. The summed E-state index contributed by atoms with van der Waals surface area (Å²) in [6, 6.07) is 3.25. The monoisotopic (exact) mass is 488 g/mol. The number of carbonyl (C=O) groups excluding carboxylic acids is 4. The molecule has 0 spiro atoms. The quantitative estimate of drug-likeness (QED) is 0.439. The fourth-order valence-electron chi connectivity index (χ4n) is 3.90. The Morgan fingerprint density at radius 2 is 1.89 bits per heavy atom. The maximum atomic E-state index is 13.2. The van der Waals surface area contributed by atoms with E-state index in [0.717, 1.165) is 0 Å². The molecule has 12 nitrogen and oxygen atoms in total. The summed E-state index contributed by atoms with van der Waals surface area (Å²) >= 11 is 0. The fraction of sp³-hybridized carbons (Fsp3) is 0.478. The number of methoxy groups -OCH3 is 1. The first-order chi connectivity index (χ1) is 16.4. The van der Waals surface area contributed by atoms with Crippen molar-refractivity contribution < 1.29 is 28.7 Å². The van der Waals surface area contributed by atoms with Gasteiger partial charge in [-0.1, -0.05) is 18.2 Å². The van der Waals surface area contributed by atoms with E-state index in [9.17, 15) is 19.2 Å². The highest BCUT2D eigenvalue weighted by Gasteiger charge is 2.40. The predicted molar refractivity (Wildman–Crippen MR) is 129 cm³/mol. The SMILES string of the molecule is COC(=O)C(COC(C)(C)C)NC(=O)[C@@H]1C[C@H](N)CN1C(=O)Nc1cn(C(N)=O)c2ccccc12. The lowest BCUT2D eigenvalue weighted by Gasteiger charge is -2.27. The van der Waals surface area contributed by atoms with Gasteiger partial charge < -0.3 is 36.5 Å². The number of nitrogens with two attached hydrogens (primary N) is 2. The molecule has 1 unspecified atom stereocenters. The second kappa shape index (κ2) is 10.3. The number of ether oxygens (including phenoxy) is 2. The number of anilines is 1. The van der Waals surface area contributed by atoms with Crippen molar-refractivity contribution in [2.45, 2.75) is 50.9 Å². The first kappa shape index (κ1) is 26.0. The van der Waals surface area contributed by atoms with E-state index in [1.54, 1.807) is 24.3 Å². The van der Waals surface area contributed by atoms with Gasteiger partial charge in [0, 0.05) is 24.2 Å². The maximum absolute atomic E-state index is 13.2. The summed E-state index contributed by atoms with van der Waals surface area (Å²) in [6.07, 6.45) is 1.63. The van der Waals surface area contributed by atoms with Crippen LogP contribution < -0.4 is 22.1 Å². The van der Waals surface area contributed by atoms with Gasteiger partial charge >= 0.3 is 18.0 Å². The molecule has 12 heteroatoms. The number of nitrogens with one attached hydrogen (secondary N) is 2. The molecule has 3 rings (SSSR count). The summed E-state index contributed by atoms with van der Waals surface area (Å²) in [5, 5.41) is 5.97. The molecule has 1 aliphatic rings. The third-order valence-electron chi connectivity index (χ3n) is 5.57. The van der Waals surface area contributed by atoms with Gasteiger partial charge in [0.05, 0.1) is 30.5 Å². The first-order valence-electron chi connectivity index (χ1n) is 11.2. The van der Waals surface area contributed by atoms with Crippen LogP contribution in [0.5, 0.6) is 0 Å². The van der Waals surface area contributed by atoms with Gasteiger partial charge in [0.1, 0.15) is 6.04 Å². The zero-order chi connectivity index (χ0) is 25.9. The Hall–Kier alpha value is -3.64. The van der Waals surface area contributed by atoms with Gasteiger partial charge in [0.15, 0.2) is 6.04 Å². The number of fused-ring (bicyclic) bond motifs is 1. The Balaban J connectivity index is 1.77. The number of benzene rings is 1. The van der Waals surface area contributed by atoms with Crippen LogP contribution >= 0.6 is 0 Å². The predicted octanol–water partition coefficient (Wildman–Crippen LogP) is 0.975. The van der Waals surface area contributed by atoms with Crippen molar-refractivity contribution in [3.05, 3.63) is 30.5 Å². The van der Waals surface area contributed by atoms with Crippen LogP contribution in [-0.2, 0) is 19.1 Å². The van der Waals surface area contributed by atoms with Crippen LogP contribution in [0.4, 0.5) is 15.3 Å². The third kappa shape index (κ3) is 6.08. The summed E-state index contributed by atoms with van der Waals surface area (Å²) < 4.78 is 11.7. The number of esters is 1. The number of aromatic nitrogens is 1. The minimum atomic E-state index is -1.05. The van der Waals surface area contributed by atoms with Gasteiger partial charge in [-0.05, 0) is 33.3 Å². The van der Waals surface area contributed by atoms with E-state index in [1.165, 1.54) is 22.8 Å². The Labute approximate surface area is 202 Å². The molecule has 3 atom stereocenters. The lowest BCUT2D eigenvalue weighted by Crippen LogP contribution is -2.53. The van der Waals surface area contributed by atoms with Gasteiger partial charge in [-0.3, -0.25) is 9.36 Å². The molecule has 0 aliphatic carbocycles. The number of para-hydroxylation sites is 1. The largest absolute Gasteiger partial charge is 0.467 e. The lowest BCUT2D eigenvalue weighted by atomic mass is 10.1. The molecule has 4 amide bonds. The molecule has 1 aromatic carbocycles. The molecule has 0 saturated carbocycles. The standard InChI is InChI=1S/C23H32N6O6/c1-23(2,3)35-12-16(20(31)34-4)26-19(30)18-9-13(24)10-29(18)22(33)27-15-11-28(21(25)32)17-8-6-5-7-14(15)17/h5-8,11,13,16,18H,9-10,12,24H2,1-4H3,(H2,25,32)(H,26,30)(H,27,33)/t13-,16?,18-/m0/s1. The number of hydrogen-bond donors (Lipinski definition) is 4. The van der Waals surface area contributed by atoms with Gasteiger partial charge in [-0.2, -0.15) is 0 Å². The van der Waals surface area contributed by atoms with Gasteiger partial charge in [0.25, 0.3) is 0 Å². The summed E-state index contributed by atoms with van der Waals surface area (Å²) in [4.78, 5) is 51.6. The van der Waals surface area contributed by atoms with Crippen molar-refractivity contribution in [2.75, 3.05) is 25.6 Å². The highest BCUT2D eigenvalue weighted by molar-refractivity contribution is 6.05. The molecule has 1 saturated heterocycles. The number of likely N-dealkylation sites (tertiary alicyclic amines) is 1. The average Bonchev–Trinajstić information content (AvgIpc) is 3.36. The summed E-state index contributed by atoms with van der Waals surface area (Å²) in [5.41, 5.74) is 11.9. The van der Waals surface area contributed by atoms with Crippen LogP contribution in [0.3, 0.4) is 0 Å². The summed E-state index contributed by atoms with van der Waals surface area (Å²) in [5.74, 6) is -1.22. The fourth-order valence-corrected chi connectivity index (χ4v) is 3.90. The minimum absolute atomic E-state index is 0.0977. The Bertz CT molecular complexity index is 1120. The lowest BCUT2D eigenvalue weighted by molar-refractivity contribution is -0.149. The summed E-state index contributed by atoms with van der Waals surface area (Å²) in [7, 11) is 1.21. The Kier molecular flexibility index (Phi) is 7.66. The Morgan fingerprint density at radius 3 is 2.51 bits per heavy atom. The van der Waals surface area contributed by atoms with Crippen molar-refractivity contribution in [2.24, 2.45) is 11.5 Å². The number of hydrogen-bond acceptors (Lipinski definition) is 7. The van der Waals surface area contributed by atoms with Gasteiger partial charge in [-0.15, -0.1) is 0 Å². The molecule has 35 heavy (non-hydrogen) atoms. The number of urea groups is 1. The van der Waals surface area contributed by atoms with Crippen LogP contribution in [0.1, 0.15) is 27.2 Å². The smallest absolute Gasteiger partial charge is 0.330 e. The molecule has 0 radical (unpaired) electrons. The van der Waals surface area contributed by atoms with Gasteiger partial charge in [0.2, 0.25) is 5.91 Å². The number of carbonyl (C=O) groups is 4. The molecule has 1 aromatic heterocycles. The normalized spacial score (nSPS) is 18.8. The molecular formula is C23H32N6O6. The van der Waals surface area contributed by atoms with E-state index in [4.69, 9.17) is 20.9 Å². The molecule has 0 bridgehead atoms. The topological polar surface area (TPSA) is 171 Å². The molecule has 1 fully saturated rings. The second-order valence-corrected chi connectivity index (χ2v) is 9.37. The van der Waals surface area contributed by atoms with E-state index in [2.05, 4.69) is 10.6 Å². The molecule has 190 valence electrons. The van der Waals surface area contributed by atoms with E-state index >= 15 is 0 Å². The van der Waals surface area contributed by atoms with E-state index < -0.39 is 47.7 Å². The molecular weight excluding hydrogens is 456 g/mol.